The molecule has 29 heavy (non-hydrogen) atoms. The van der Waals surface area contributed by atoms with Crippen molar-refractivity contribution >= 4 is 68.6 Å². The predicted octanol–water partition coefficient (Wildman–Crippen LogP) is 4.88. The molecule has 1 aromatic carbocycles. The second kappa shape index (κ2) is 12.4. The molecule has 1 aromatic heterocycles. The van der Waals surface area contributed by atoms with Crippen molar-refractivity contribution in [3.8, 4) is 0 Å². The average Bonchev–Trinajstić information content (AvgIpc) is 2.71. The Morgan fingerprint density at radius 1 is 1.24 bits per heavy atom. The molecule has 2 aromatic rings. The number of carbonyl (C=O) groups excluding carboxylic acids is 2. The quantitative estimate of drug-likeness (QED) is 0.345. The lowest BCUT2D eigenvalue weighted by atomic mass is 10.2. The van der Waals surface area contributed by atoms with E-state index in [2.05, 4.69) is 43.5 Å². The molecule has 2 amide bonds. The number of anilines is 1. The van der Waals surface area contributed by atoms with Crippen LogP contribution in [0.5, 0.6) is 0 Å². The van der Waals surface area contributed by atoms with Crippen molar-refractivity contribution in [1.82, 2.24) is 15.3 Å². The highest BCUT2D eigenvalue weighted by atomic mass is 79.9. The maximum absolute atomic E-state index is 12.8. The van der Waals surface area contributed by atoms with Gasteiger partial charge in [0, 0.05) is 22.7 Å². The van der Waals surface area contributed by atoms with E-state index in [0.717, 1.165) is 17.9 Å². The van der Waals surface area contributed by atoms with Gasteiger partial charge >= 0.3 is 0 Å². The van der Waals surface area contributed by atoms with Gasteiger partial charge in [0.2, 0.25) is 5.91 Å². The van der Waals surface area contributed by atoms with Crippen molar-refractivity contribution in [2.75, 3.05) is 23.1 Å². The predicted molar refractivity (Wildman–Crippen MR) is 125 cm³/mol. The normalized spacial score (nSPS) is 11.7. The van der Waals surface area contributed by atoms with Crippen LogP contribution in [0.4, 0.5) is 5.69 Å². The Hall–Kier alpha value is -1.29. The topological polar surface area (TPSA) is 84.0 Å². The number of hydrogen-bond donors (Lipinski definition) is 2. The number of halogens is 2. The van der Waals surface area contributed by atoms with E-state index in [1.54, 1.807) is 42.2 Å². The van der Waals surface area contributed by atoms with Crippen LogP contribution in [-0.2, 0) is 4.79 Å². The highest BCUT2D eigenvalue weighted by Crippen LogP contribution is 2.20. The molecular weight excluding hydrogens is 496 g/mol. The van der Waals surface area contributed by atoms with Gasteiger partial charge in [-0.3, -0.25) is 9.59 Å². The van der Waals surface area contributed by atoms with Gasteiger partial charge in [0.1, 0.15) is 11.7 Å². The number of nitrogens with one attached hydrogen (secondary N) is 2. The number of nitrogens with zero attached hydrogens (tertiary/aromatic N) is 2. The summed E-state index contributed by atoms with van der Waals surface area (Å²) < 4.78 is 0.484. The van der Waals surface area contributed by atoms with Crippen molar-refractivity contribution in [3.05, 3.63) is 45.7 Å². The third kappa shape index (κ3) is 7.81. The molecule has 2 N–H and O–H groups in total. The Bertz CT molecular complexity index is 839. The molecule has 0 aliphatic carbocycles. The molecule has 2 rings (SSSR count). The third-order valence-corrected chi connectivity index (χ3v) is 6.26. The number of thioether (sulfide) groups is 2. The fourth-order valence-electron chi connectivity index (χ4n) is 2.27. The van der Waals surface area contributed by atoms with Gasteiger partial charge in [-0.05, 0) is 65.0 Å². The zero-order valence-corrected chi connectivity index (χ0v) is 20.1. The van der Waals surface area contributed by atoms with Crippen molar-refractivity contribution < 1.29 is 9.59 Å². The first-order chi connectivity index (χ1) is 13.9. The fourth-order valence-corrected chi connectivity index (χ4v) is 3.91. The molecule has 0 spiro atoms. The lowest BCUT2D eigenvalue weighted by Crippen LogP contribution is -2.44. The first-order valence-electron chi connectivity index (χ1n) is 8.96. The molecule has 0 aliphatic rings. The van der Waals surface area contributed by atoms with Gasteiger partial charge in [-0.1, -0.05) is 30.3 Å². The number of aromatic nitrogens is 2. The van der Waals surface area contributed by atoms with Crippen LogP contribution in [-0.4, -0.2) is 45.6 Å². The Balaban J connectivity index is 2.13. The van der Waals surface area contributed by atoms with Crippen molar-refractivity contribution in [1.29, 1.82) is 0 Å². The summed E-state index contributed by atoms with van der Waals surface area (Å²) in [4.78, 5) is 34.1. The maximum Gasteiger partial charge on any atom is 0.271 e. The summed E-state index contributed by atoms with van der Waals surface area (Å²) in [6.07, 6.45) is 4.98. The Kier molecular flexibility index (Phi) is 10.3. The van der Waals surface area contributed by atoms with E-state index < -0.39 is 11.9 Å². The van der Waals surface area contributed by atoms with Crippen LogP contribution in [0.15, 0.2) is 40.1 Å². The molecule has 0 aliphatic heterocycles. The molecule has 0 saturated heterocycles. The van der Waals surface area contributed by atoms with E-state index in [4.69, 9.17) is 11.6 Å². The van der Waals surface area contributed by atoms with E-state index in [1.165, 1.54) is 11.8 Å². The third-order valence-electron chi connectivity index (χ3n) is 3.72. The van der Waals surface area contributed by atoms with E-state index >= 15 is 0 Å². The first-order valence-corrected chi connectivity index (χ1v) is 12.5. The van der Waals surface area contributed by atoms with Gasteiger partial charge in [-0.15, -0.1) is 0 Å². The lowest BCUT2D eigenvalue weighted by Gasteiger charge is -2.18. The van der Waals surface area contributed by atoms with Gasteiger partial charge in [-0.2, -0.15) is 11.8 Å². The Morgan fingerprint density at radius 3 is 2.62 bits per heavy atom. The zero-order chi connectivity index (χ0) is 21.2. The molecule has 0 radical (unpaired) electrons. The Labute approximate surface area is 192 Å². The highest BCUT2D eigenvalue weighted by Gasteiger charge is 2.23. The summed E-state index contributed by atoms with van der Waals surface area (Å²) in [7, 11) is 0. The van der Waals surface area contributed by atoms with Crippen molar-refractivity contribution in [3.63, 3.8) is 0 Å². The van der Waals surface area contributed by atoms with Crippen LogP contribution >= 0.6 is 51.1 Å². The van der Waals surface area contributed by atoms with Crippen LogP contribution in [0, 0.1) is 0 Å². The molecule has 156 valence electrons. The van der Waals surface area contributed by atoms with Gasteiger partial charge in [0.25, 0.3) is 5.91 Å². The summed E-state index contributed by atoms with van der Waals surface area (Å²) in [5, 5.41) is 6.74. The first kappa shape index (κ1) is 24.0. The molecule has 0 unspecified atom stereocenters. The summed E-state index contributed by atoms with van der Waals surface area (Å²) in [6.45, 7) is 2.06. The maximum atomic E-state index is 12.8. The molecule has 0 fully saturated rings. The standard InChI is InChI=1S/C19H22BrClN4O2S2/c1-3-9-29-19-22-11-14(20)16(25-19)18(27)24-15(8-10-28-2)17(26)23-13-6-4-12(21)5-7-13/h4-7,11,15H,3,8-10H2,1-2H3,(H,23,26)(H,24,27)/t15-/m1/s1. The number of benzene rings is 1. The molecule has 1 atom stereocenters. The summed E-state index contributed by atoms with van der Waals surface area (Å²) in [5.74, 6) is 0.875. The van der Waals surface area contributed by atoms with E-state index in [9.17, 15) is 9.59 Å². The zero-order valence-electron chi connectivity index (χ0n) is 16.1. The van der Waals surface area contributed by atoms with Gasteiger partial charge < -0.3 is 10.6 Å². The average molecular weight is 518 g/mol. The van der Waals surface area contributed by atoms with Crippen LogP contribution < -0.4 is 10.6 Å². The van der Waals surface area contributed by atoms with Gasteiger partial charge in [-0.25, -0.2) is 9.97 Å². The summed E-state index contributed by atoms with van der Waals surface area (Å²) in [5.41, 5.74) is 0.830. The van der Waals surface area contributed by atoms with E-state index in [1.807, 2.05) is 6.26 Å². The molecule has 6 nitrogen and oxygen atoms in total. The number of amides is 2. The second-order valence-electron chi connectivity index (χ2n) is 6.00. The number of rotatable bonds is 10. The fraction of sp³-hybridized carbons (Fsp3) is 0.368. The second-order valence-corrected chi connectivity index (χ2v) is 9.34. The van der Waals surface area contributed by atoms with Gasteiger partial charge in [0.15, 0.2) is 5.16 Å². The number of carbonyl (C=O) groups is 2. The monoisotopic (exact) mass is 516 g/mol. The molecule has 0 saturated carbocycles. The van der Waals surface area contributed by atoms with E-state index in [-0.39, 0.29) is 11.6 Å². The van der Waals surface area contributed by atoms with E-state index in [0.29, 0.717) is 26.8 Å². The minimum absolute atomic E-state index is 0.215. The van der Waals surface area contributed by atoms with Crippen LogP contribution in [0.1, 0.15) is 30.3 Å². The highest BCUT2D eigenvalue weighted by molar-refractivity contribution is 9.10. The van der Waals surface area contributed by atoms with Gasteiger partial charge in [0.05, 0.1) is 4.47 Å². The molecule has 0 bridgehead atoms. The van der Waals surface area contributed by atoms with Crippen LogP contribution in [0.3, 0.4) is 0 Å². The van der Waals surface area contributed by atoms with Crippen molar-refractivity contribution in [2.24, 2.45) is 0 Å². The number of hydrogen-bond acceptors (Lipinski definition) is 6. The summed E-state index contributed by atoms with van der Waals surface area (Å²) in [6, 6.07) is 6.12. The SMILES string of the molecule is CCCSc1ncc(Br)c(C(=O)N[C@H](CCSC)C(=O)Nc2ccc(Cl)cc2)n1. The summed E-state index contributed by atoms with van der Waals surface area (Å²) >= 11 is 12.3. The Morgan fingerprint density at radius 2 is 1.97 bits per heavy atom. The van der Waals surface area contributed by atoms with Crippen LogP contribution in [0.25, 0.3) is 0 Å². The molecule has 1 heterocycles. The minimum Gasteiger partial charge on any atom is -0.339 e. The van der Waals surface area contributed by atoms with Crippen molar-refractivity contribution in [2.45, 2.75) is 31.0 Å². The molecular formula is C19H22BrClN4O2S2. The largest absolute Gasteiger partial charge is 0.339 e. The lowest BCUT2D eigenvalue weighted by molar-refractivity contribution is -0.118. The van der Waals surface area contributed by atoms with Crippen LogP contribution in [0.2, 0.25) is 5.02 Å². The molecule has 10 heteroatoms. The minimum atomic E-state index is -0.695. The smallest absolute Gasteiger partial charge is 0.271 e.